The van der Waals surface area contributed by atoms with Crippen LogP contribution in [-0.2, 0) is 9.59 Å². The van der Waals surface area contributed by atoms with Crippen LogP contribution in [0.1, 0.15) is 97.8 Å². The van der Waals surface area contributed by atoms with Gasteiger partial charge in [-0.05, 0) is 30.7 Å². The van der Waals surface area contributed by atoms with Crippen molar-refractivity contribution in [3.63, 3.8) is 0 Å². The highest BCUT2D eigenvalue weighted by atomic mass is 16.2. The molecule has 0 spiro atoms. The highest BCUT2D eigenvalue weighted by Gasteiger charge is 2.07. The minimum atomic E-state index is -0.0508. The first-order chi connectivity index (χ1) is 13.5. The monoisotopic (exact) mass is 388 g/mol. The van der Waals surface area contributed by atoms with Crippen LogP contribution >= 0.6 is 0 Å². The molecule has 0 saturated carbocycles. The van der Waals surface area contributed by atoms with E-state index in [9.17, 15) is 9.59 Å². The van der Waals surface area contributed by atoms with Gasteiger partial charge >= 0.3 is 0 Å². The van der Waals surface area contributed by atoms with Gasteiger partial charge in [-0.25, -0.2) is 0 Å². The molecule has 0 saturated heterocycles. The van der Waals surface area contributed by atoms with Gasteiger partial charge < -0.3 is 10.6 Å². The van der Waals surface area contributed by atoms with Crippen molar-refractivity contribution < 1.29 is 9.59 Å². The van der Waals surface area contributed by atoms with E-state index in [4.69, 9.17) is 0 Å². The molecule has 0 radical (unpaired) electrons. The number of unbranched alkanes of at least 4 members (excludes halogenated alkanes) is 10. The average molecular weight is 389 g/mol. The highest BCUT2D eigenvalue weighted by Crippen LogP contribution is 2.16. The smallest absolute Gasteiger partial charge is 0.226 e. The van der Waals surface area contributed by atoms with Crippen LogP contribution in [-0.4, -0.2) is 11.8 Å². The molecule has 4 nitrogen and oxygen atoms in total. The Bertz CT molecular complexity index is 552. The zero-order valence-electron chi connectivity index (χ0n) is 18.2. The van der Waals surface area contributed by atoms with Gasteiger partial charge in [0.05, 0.1) is 0 Å². The topological polar surface area (TPSA) is 58.2 Å². The van der Waals surface area contributed by atoms with Gasteiger partial charge in [0, 0.05) is 23.7 Å². The van der Waals surface area contributed by atoms with Gasteiger partial charge in [-0.15, -0.1) is 0 Å². The lowest BCUT2D eigenvalue weighted by molar-refractivity contribution is -0.119. The first-order valence-corrected chi connectivity index (χ1v) is 11.2. The summed E-state index contributed by atoms with van der Waals surface area (Å²) in [7, 11) is 0. The van der Waals surface area contributed by atoms with E-state index >= 15 is 0 Å². The van der Waals surface area contributed by atoms with Crippen LogP contribution in [0.25, 0.3) is 0 Å². The number of anilines is 2. The Morgan fingerprint density at radius 1 is 0.714 bits per heavy atom. The second-order valence-electron chi connectivity index (χ2n) is 8.06. The van der Waals surface area contributed by atoms with Gasteiger partial charge in [0.15, 0.2) is 0 Å². The molecule has 1 aromatic carbocycles. The van der Waals surface area contributed by atoms with Crippen molar-refractivity contribution in [1.29, 1.82) is 0 Å². The van der Waals surface area contributed by atoms with Crippen molar-refractivity contribution in [3.8, 4) is 0 Å². The molecule has 0 bridgehead atoms. The lowest BCUT2D eigenvalue weighted by Crippen LogP contribution is -2.17. The van der Waals surface area contributed by atoms with Crippen molar-refractivity contribution in [1.82, 2.24) is 0 Å². The molecule has 1 aromatic rings. The number of benzene rings is 1. The normalized spacial score (nSPS) is 10.9. The molecule has 0 fully saturated rings. The van der Waals surface area contributed by atoms with E-state index in [-0.39, 0.29) is 17.7 Å². The third-order valence-corrected chi connectivity index (χ3v) is 4.97. The molecule has 1 rings (SSSR count). The number of rotatable bonds is 15. The summed E-state index contributed by atoms with van der Waals surface area (Å²) in [5.41, 5.74) is 1.53. The fourth-order valence-electron chi connectivity index (χ4n) is 3.10. The van der Waals surface area contributed by atoms with E-state index in [1.54, 1.807) is 0 Å². The van der Waals surface area contributed by atoms with Crippen molar-refractivity contribution in [2.75, 3.05) is 10.6 Å². The SMILES string of the molecule is CCCCCCCCCCCCCC(=O)Nc1ccc(NC(=O)C(C)C)cc1. The molecule has 0 heterocycles. The molecule has 0 unspecified atom stereocenters. The number of carbonyl (C=O) groups is 2. The zero-order chi connectivity index (χ0) is 20.6. The molecule has 158 valence electrons. The second kappa shape index (κ2) is 15.1. The van der Waals surface area contributed by atoms with Crippen LogP contribution in [0.15, 0.2) is 24.3 Å². The molecular weight excluding hydrogens is 348 g/mol. The average Bonchev–Trinajstić information content (AvgIpc) is 2.67. The predicted molar refractivity (Wildman–Crippen MR) is 120 cm³/mol. The first kappa shape index (κ1) is 24.2. The Kier molecular flexibility index (Phi) is 13.1. The maximum absolute atomic E-state index is 12.0. The Balaban J connectivity index is 2.06. The lowest BCUT2D eigenvalue weighted by Gasteiger charge is -2.09. The lowest BCUT2D eigenvalue weighted by atomic mass is 10.1. The minimum absolute atomic E-state index is 0.00622. The predicted octanol–water partition coefficient (Wildman–Crippen LogP) is 6.92. The number of amides is 2. The Morgan fingerprint density at radius 3 is 1.61 bits per heavy atom. The summed E-state index contributed by atoms with van der Waals surface area (Å²) in [5.74, 6) is 0.00772. The van der Waals surface area contributed by atoms with Crippen LogP contribution in [0, 0.1) is 5.92 Å². The van der Waals surface area contributed by atoms with Crippen LogP contribution in [0.5, 0.6) is 0 Å². The van der Waals surface area contributed by atoms with E-state index in [0.717, 1.165) is 24.2 Å². The summed E-state index contributed by atoms with van der Waals surface area (Å²) in [4.78, 5) is 23.7. The highest BCUT2D eigenvalue weighted by molar-refractivity contribution is 5.93. The first-order valence-electron chi connectivity index (χ1n) is 11.2. The van der Waals surface area contributed by atoms with E-state index in [2.05, 4.69) is 17.6 Å². The summed E-state index contributed by atoms with van der Waals surface area (Å²) in [6.07, 6.45) is 14.7. The zero-order valence-corrected chi connectivity index (χ0v) is 18.2. The van der Waals surface area contributed by atoms with E-state index < -0.39 is 0 Å². The van der Waals surface area contributed by atoms with Crippen molar-refractivity contribution in [3.05, 3.63) is 24.3 Å². The molecule has 0 aliphatic carbocycles. The summed E-state index contributed by atoms with van der Waals surface area (Å²) in [5, 5.41) is 5.77. The van der Waals surface area contributed by atoms with Crippen molar-refractivity contribution >= 4 is 23.2 Å². The molecule has 0 aliphatic rings. The largest absolute Gasteiger partial charge is 0.326 e. The minimum Gasteiger partial charge on any atom is -0.326 e. The molecule has 0 aliphatic heterocycles. The Morgan fingerprint density at radius 2 is 1.14 bits per heavy atom. The Labute approximate surface area is 171 Å². The van der Waals surface area contributed by atoms with Crippen LogP contribution < -0.4 is 10.6 Å². The molecule has 2 amide bonds. The summed E-state index contributed by atoms with van der Waals surface area (Å²) < 4.78 is 0. The number of hydrogen-bond donors (Lipinski definition) is 2. The van der Waals surface area contributed by atoms with Gasteiger partial charge in [-0.1, -0.05) is 85.0 Å². The van der Waals surface area contributed by atoms with Crippen LogP contribution in [0.3, 0.4) is 0 Å². The standard InChI is InChI=1S/C24H40N2O2/c1-4-5-6-7-8-9-10-11-12-13-14-15-23(27)25-21-16-18-22(19-17-21)26-24(28)20(2)3/h16-20H,4-15H2,1-3H3,(H,25,27)(H,26,28). The fourth-order valence-corrected chi connectivity index (χ4v) is 3.10. The number of hydrogen-bond acceptors (Lipinski definition) is 2. The van der Waals surface area contributed by atoms with Gasteiger partial charge in [0.1, 0.15) is 0 Å². The van der Waals surface area contributed by atoms with Gasteiger partial charge in [0.25, 0.3) is 0 Å². The quantitative estimate of drug-likeness (QED) is 0.320. The maximum atomic E-state index is 12.0. The molecule has 28 heavy (non-hydrogen) atoms. The summed E-state index contributed by atoms with van der Waals surface area (Å²) in [6, 6.07) is 7.29. The van der Waals surface area contributed by atoms with Crippen LogP contribution in [0.2, 0.25) is 0 Å². The van der Waals surface area contributed by atoms with Crippen molar-refractivity contribution in [2.24, 2.45) is 5.92 Å². The Hall–Kier alpha value is -1.84. The second-order valence-corrected chi connectivity index (χ2v) is 8.06. The molecule has 2 N–H and O–H groups in total. The summed E-state index contributed by atoms with van der Waals surface area (Å²) >= 11 is 0. The van der Waals surface area contributed by atoms with E-state index in [0.29, 0.717) is 6.42 Å². The van der Waals surface area contributed by atoms with Crippen molar-refractivity contribution in [2.45, 2.75) is 97.8 Å². The van der Waals surface area contributed by atoms with E-state index in [1.807, 2.05) is 38.1 Å². The third kappa shape index (κ3) is 11.8. The molecule has 0 atom stereocenters. The molecule has 4 heteroatoms. The van der Waals surface area contributed by atoms with E-state index in [1.165, 1.54) is 57.8 Å². The molecule has 0 aromatic heterocycles. The summed E-state index contributed by atoms with van der Waals surface area (Å²) in [6.45, 7) is 5.97. The molecular formula is C24H40N2O2. The van der Waals surface area contributed by atoms with Gasteiger partial charge in [-0.2, -0.15) is 0 Å². The van der Waals surface area contributed by atoms with Gasteiger partial charge in [-0.3, -0.25) is 9.59 Å². The number of nitrogens with one attached hydrogen (secondary N) is 2. The van der Waals surface area contributed by atoms with Gasteiger partial charge in [0.2, 0.25) is 11.8 Å². The number of carbonyl (C=O) groups excluding carboxylic acids is 2. The maximum Gasteiger partial charge on any atom is 0.226 e. The third-order valence-electron chi connectivity index (χ3n) is 4.97. The van der Waals surface area contributed by atoms with Crippen LogP contribution in [0.4, 0.5) is 11.4 Å². The fraction of sp³-hybridized carbons (Fsp3) is 0.667.